The summed E-state index contributed by atoms with van der Waals surface area (Å²) in [5.41, 5.74) is 0. The first-order chi connectivity index (χ1) is 6.24. The van der Waals surface area contributed by atoms with Crippen LogP contribution in [-0.2, 0) is 9.53 Å². The fraction of sp³-hybridized carbons (Fsp3) is 0.889. The van der Waals surface area contributed by atoms with E-state index in [2.05, 4.69) is 5.32 Å². The number of aliphatic hydroxyl groups is 1. The molecule has 2 N–H and O–H groups in total. The quantitative estimate of drug-likeness (QED) is 0.566. The van der Waals surface area contributed by atoms with Gasteiger partial charge in [0.15, 0.2) is 0 Å². The fourth-order valence-corrected chi connectivity index (χ4v) is 0.855. The van der Waals surface area contributed by atoms with E-state index in [1.807, 2.05) is 13.8 Å². The topological polar surface area (TPSA) is 58.6 Å². The molecule has 0 aromatic rings. The van der Waals surface area contributed by atoms with Crippen LogP contribution in [0.15, 0.2) is 0 Å². The maximum atomic E-state index is 11.1. The normalized spacial score (nSPS) is 12.5. The van der Waals surface area contributed by atoms with Gasteiger partial charge in [-0.15, -0.1) is 0 Å². The first-order valence-electron chi connectivity index (χ1n) is 4.72. The molecular formula is C9H19NO3. The van der Waals surface area contributed by atoms with Crippen LogP contribution in [0.3, 0.4) is 0 Å². The van der Waals surface area contributed by atoms with Crippen LogP contribution < -0.4 is 5.32 Å². The summed E-state index contributed by atoms with van der Waals surface area (Å²) in [5, 5.41) is 11.5. The summed E-state index contributed by atoms with van der Waals surface area (Å²) >= 11 is 0. The molecule has 4 heteroatoms. The van der Waals surface area contributed by atoms with E-state index in [0.717, 1.165) is 12.8 Å². The lowest BCUT2D eigenvalue weighted by atomic mass is 10.2. The van der Waals surface area contributed by atoms with Gasteiger partial charge in [0.2, 0.25) is 5.91 Å². The zero-order chi connectivity index (χ0) is 10.1. The summed E-state index contributed by atoms with van der Waals surface area (Å²) < 4.78 is 5.04. The van der Waals surface area contributed by atoms with Gasteiger partial charge in [-0.2, -0.15) is 0 Å². The average Bonchev–Trinajstić information content (AvgIpc) is 2.14. The minimum Gasteiger partial charge on any atom is -0.394 e. The molecule has 1 amide bonds. The number of nitrogens with one attached hydrogen (secondary N) is 1. The number of aliphatic hydroxyl groups excluding tert-OH is 1. The van der Waals surface area contributed by atoms with Crippen molar-refractivity contribution in [1.29, 1.82) is 0 Å². The summed E-state index contributed by atoms with van der Waals surface area (Å²) in [6.45, 7) is 4.57. The van der Waals surface area contributed by atoms with Crippen LogP contribution in [0.5, 0.6) is 0 Å². The van der Waals surface area contributed by atoms with Crippen molar-refractivity contribution < 1.29 is 14.6 Å². The van der Waals surface area contributed by atoms with Gasteiger partial charge in [-0.1, -0.05) is 13.8 Å². The van der Waals surface area contributed by atoms with E-state index in [4.69, 9.17) is 9.84 Å². The summed E-state index contributed by atoms with van der Waals surface area (Å²) in [4.78, 5) is 11.1. The Labute approximate surface area is 79.3 Å². The van der Waals surface area contributed by atoms with Crippen molar-refractivity contribution in [2.24, 2.45) is 0 Å². The Balaban J connectivity index is 3.48. The smallest absolute Gasteiger partial charge is 0.246 e. The number of hydrogen-bond acceptors (Lipinski definition) is 3. The van der Waals surface area contributed by atoms with Gasteiger partial charge >= 0.3 is 0 Å². The highest BCUT2D eigenvalue weighted by atomic mass is 16.5. The molecule has 0 aliphatic carbocycles. The van der Waals surface area contributed by atoms with Crippen molar-refractivity contribution in [1.82, 2.24) is 5.32 Å². The van der Waals surface area contributed by atoms with Gasteiger partial charge in [0.25, 0.3) is 0 Å². The van der Waals surface area contributed by atoms with Crippen LogP contribution in [0.4, 0.5) is 0 Å². The van der Waals surface area contributed by atoms with Gasteiger partial charge in [0.05, 0.1) is 12.6 Å². The Morgan fingerprint density at radius 2 is 2.23 bits per heavy atom. The van der Waals surface area contributed by atoms with Crippen LogP contribution >= 0.6 is 0 Å². The molecule has 0 bridgehead atoms. The molecule has 0 spiro atoms. The molecule has 78 valence electrons. The number of carbonyl (C=O) groups is 1. The van der Waals surface area contributed by atoms with Crippen LogP contribution in [0.1, 0.15) is 26.7 Å². The number of rotatable bonds is 7. The van der Waals surface area contributed by atoms with E-state index in [0.29, 0.717) is 6.61 Å². The predicted molar refractivity (Wildman–Crippen MR) is 50.4 cm³/mol. The molecule has 0 aromatic carbocycles. The van der Waals surface area contributed by atoms with E-state index < -0.39 is 0 Å². The molecule has 0 saturated heterocycles. The van der Waals surface area contributed by atoms with Crippen LogP contribution in [0.25, 0.3) is 0 Å². The molecule has 0 fully saturated rings. The lowest BCUT2D eigenvalue weighted by Crippen LogP contribution is -2.39. The van der Waals surface area contributed by atoms with Crippen molar-refractivity contribution >= 4 is 5.91 Å². The molecule has 0 aliphatic heterocycles. The molecule has 0 unspecified atom stereocenters. The van der Waals surface area contributed by atoms with Gasteiger partial charge in [-0.25, -0.2) is 0 Å². The van der Waals surface area contributed by atoms with Gasteiger partial charge in [-0.05, 0) is 12.8 Å². The Kier molecular flexibility index (Phi) is 7.63. The predicted octanol–water partition coefficient (Wildman–Crippen LogP) is 0.300. The highest BCUT2D eigenvalue weighted by molar-refractivity contribution is 5.77. The van der Waals surface area contributed by atoms with Gasteiger partial charge in [-0.3, -0.25) is 4.79 Å². The number of amides is 1. The van der Waals surface area contributed by atoms with E-state index in [9.17, 15) is 4.79 Å². The van der Waals surface area contributed by atoms with Crippen LogP contribution in [-0.4, -0.2) is 36.9 Å². The summed E-state index contributed by atoms with van der Waals surface area (Å²) in [7, 11) is 0. The second-order valence-corrected chi connectivity index (χ2v) is 2.91. The third-order valence-corrected chi connectivity index (χ3v) is 1.66. The zero-order valence-corrected chi connectivity index (χ0v) is 8.38. The highest BCUT2D eigenvalue weighted by Gasteiger charge is 2.08. The summed E-state index contributed by atoms with van der Waals surface area (Å²) in [5.74, 6) is -0.158. The van der Waals surface area contributed by atoms with E-state index in [1.165, 1.54) is 0 Å². The molecule has 0 radical (unpaired) electrons. The number of hydrogen-bond donors (Lipinski definition) is 2. The van der Waals surface area contributed by atoms with Crippen LogP contribution in [0, 0.1) is 0 Å². The first kappa shape index (κ1) is 12.4. The van der Waals surface area contributed by atoms with Crippen molar-refractivity contribution in [2.45, 2.75) is 32.7 Å². The molecular weight excluding hydrogens is 170 g/mol. The minimum absolute atomic E-state index is 0.0178. The Bertz CT molecular complexity index is 135. The Morgan fingerprint density at radius 1 is 1.54 bits per heavy atom. The Hall–Kier alpha value is -0.610. The van der Waals surface area contributed by atoms with Crippen molar-refractivity contribution in [3.63, 3.8) is 0 Å². The molecule has 1 atom stereocenters. The Morgan fingerprint density at radius 3 is 2.69 bits per heavy atom. The maximum absolute atomic E-state index is 11.1. The second-order valence-electron chi connectivity index (χ2n) is 2.91. The fourth-order valence-electron chi connectivity index (χ4n) is 0.855. The van der Waals surface area contributed by atoms with E-state index in [-0.39, 0.29) is 25.2 Å². The molecule has 0 rings (SSSR count). The number of ether oxygens (including phenoxy) is 1. The third kappa shape index (κ3) is 6.54. The molecule has 4 nitrogen and oxygen atoms in total. The molecule has 0 saturated carbocycles. The molecule has 0 aromatic heterocycles. The highest BCUT2D eigenvalue weighted by Crippen LogP contribution is 1.89. The standard InChI is InChI=1S/C9H19NO3/c1-3-5-13-7-9(12)10-8(4-2)6-11/h8,11H,3-7H2,1-2H3,(H,10,12)/t8-/m0/s1. The van der Waals surface area contributed by atoms with Crippen LogP contribution in [0.2, 0.25) is 0 Å². The average molecular weight is 189 g/mol. The van der Waals surface area contributed by atoms with Crippen molar-refractivity contribution in [3.8, 4) is 0 Å². The van der Waals surface area contributed by atoms with Gasteiger partial charge in [0.1, 0.15) is 6.61 Å². The lowest BCUT2D eigenvalue weighted by Gasteiger charge is -2.13. The zero-order valence-electron chi connectivity index (χ0n) is 8.38. The van der Waals surface area contributed by atoms with Gasteiger partial charge < -0.3 is 15.2 Å². The third-order valence-electron chi connectivity index (χ3n) is 1.66. The molecule has 13 heavy (non-hydrogen) atoms. The van der Waals surface area contributed by atoms with Gasteiger partial charge in [0, 0.05) is 6.61 Å². The van der Waals surface area contributed by atoms with E-state index in [1.54, 1.807) is 0 Å². The number of carbonyl (C=O) groups excluding carboxylic acids is 1. The second kappa shape index (κ2) is 8.01. The minimum atomic E-state index is -0.158. The molecule has 0 heterocycles. The SMILES string of the molecule is CCCOCC(=O)N[C@@H](CC)CO. The summed E-state index contributed by atoms with van der Waals surface area (Å²) in [6, 6.07) is -0.141. The lowest BCUT2D eigenvalue weighted by molar-refractivity contribution is -0.126. The monoisotopic (exact) mass is 189 g/mol. The van der Waals surface area contributed by atoms with E-state index >= 15 is 0 Å². The first-order valence-corrected chi connectivity index (χ1v) is 4.72. The van der Waals surface area contributed by atoms with Crippen molar-refractivity contribution in [2.75, 3.05) is 19.8 Å². The largest absolute Gasteiger partial charge is 0.394 e. The molecule has 0 aliphatic rings. The maximum Gasteiger partial charge on any atom is 0.246 e. The van der Waals surface area contributed by atoms with Crippen molar-refractivity contribution in [3.05, 3.63) is 0 Å². The summed E-state index contributed by atoms with van der Waals surface area (Å²) in [6.07, 6.45) is 1.64.